The Morgan fingerprint density at radius 2 is 2.04 bits per heavy atom. The fraction of sp³-hybridized carbons (Fsp3) is 0.611. The van der Waals surface area contributed by atoms with E-state index in [1.807, 2.05) is 13.8 Å². The molecule has 2 rings (SSSR count). The number of benzene rings is 1. The average molecular weight is 319 g/mol. The van der Waals surface area contributed by atoms with Crippen LogP contribution in [-0.4, -0.2) is 42.9 Å². The summed E-state index contributed by atoms with van der Waals surface area (Å²) in [6.07, 6.45) is 2.07. The minimum atomic E-state index is -0.145. The first-order valence-electron chi connectivity index (χ1n) is 8.49. The minimum Gasteiger partial charge on any atom is -0.396 e. The third kappa shape index (κ3) is 5.13. The maximum Gasteiger partial charge on any atom is 0.315 e. The molecule has 0 saturated carbocycles. The van der Waals surface area contributed by atoms with Gasteiger partial charge in [-0.1, -0.05) is 24.6 Å². The zero-order valence-corrected chi connectivity index (χ0v) is 14.4. The lowest BCUT2D eigenvalue weighted by Gasteiger charge is -2.35. The largest absolute Gasteiger partial charge is 0.396 e. The Morgan fingerprint density at radius 3 is 2.70 bits per heavy atom. The number of hydrogen-bond acceptors (Lipinski definition) is 3. The second-order valence-electron chi connectivity index (χ2n) is 6.69. The molecule has 3 unspecified atom stereocenters. The van der Waals surface area contributed by atoms with Crippen LogP contribution in [-0.2, 0) is 0 Å². The van der Waals surface area contributed by atoms with E-state index in [4.69, 9.17) is 5.11 Å². The second kappa shape index (κ2) is 8.20. The number of aryl methyl sites for hydroxylation is 1. The van der Waals surface area contributed by atoms with E-state index in [9.17, 15) is 4.79 Å². The van der Waals surface area contributed by atoms with Gasteiger partial charge in [-0.05, 0) is 44.7 Å². The highest BCUT2D eigenvalue weighted by Crippen LogP contribution is 2.20. The second-order valence-corrected chi connectivity index (χ2v) is 6.69. The van der Waals surface area contributed by atoms with Gasteiger partial charge in [0.2, 0.25) is 0 Å². The summed E-state index contributed by atoms with van der Waals surface area (Å²) in [4.78, 5) is 14.4. The zero-order valence-electron chi connectivity index (χ0n) is 14.4. The highest BCUT2D eigenvalue weighted by molar-refractivity contribution is 5.74. The van der Waals surface area contributed by atoms with Crippen LogP contribution in [0.1, 0.15) is 32.3 Å². The van der Waals surface area contributed by atoms with Crippen LogP contribution < -0.4 is 15.5 Å². The van der Waals surface area contributed by atoms with Gasteiger partial charge in [-0.3, -0.25) is 0 Å². The van der Waals surface area contributed by atoms with Crippen molar-refractivity contribution in [2.24, 2.45) is 5.92 Å². The molecule has 128 valence electrons. The van der Waals surface area contributed by atoms with E-state index in [-0.39, 0.29) is 30.6 Å². The number of carbonyl (C=O) groups excluding carboxylic acids is 1. The number of amides is 2. The summed E-state index contributed by atoms with van der Waals surface area (Å²) in [6, 6.07) is 8.49. The highest BCUT2D eigenvalue weighted by atomic mass is 16.3. The molecule has 0 radical (unpaired) electrons. The van der Waals surface area contributed by atoms with Crippen molar-refractivity contribution < 1.29 is 9.90 Å². The molecule has 1 saturated heterocycles. The predicted molar refractivity (Wildman–Crippen MR) is 93.8 cm³/mol. The molecule has 0 aliphatic carbocycles. The van der Waals surface area contributed by atoms with Gasteiger partial charge >= 0.3 is 6.03 Å². The number of urea groups is 1. The van der Waals surface area contributed by atoms with Crippen LogP contribution in [0.25, 0.3) is 0 Å². The summed E-state index contributed by atoms with van der Waals surface area (Å²) in [7, 11) is 0. The number of hydrogen-bond donors (Lipinski definition) is 3. The Labute approximate surface area is 139 Å². The third-order valence-electron chi connectivity index (χ3n) is 4.66. The van der Waals surface area contributed by atoms with Crippen molar-refractivity contribution in [3.8, 4) is 0 Å². The average Bonchev–Trinajstić information content (AvgIpc) is 2.54. The molecule has 1 fully saturated rings. The van der Waals surface area contributed by atoms with Gasteiger partial charge in [0.15, 0.2) is 0 Å². The number of rotatable bonds is 5. The molecule has 23 heavy (non-hydrogen) atoms. The number of aliphatic hydroxyl groups is 1. The molecule has 0 aromatic heterocycles. The zero-order chi connectivity index (χ0) is 16.8. The predicted octanol–water partition coefficient (Wildman–Crippen LogP) is 2.28. The van der Waals surface area contributed by atoms with E-state index in [1.165, 1.54) is 11.3 Å². The van der Waals surface area contributed by atoms with Gasteiger partial charge < -0.3 is 20.6 Å². The van der Waals surface area contributed by atoms with Crippen LogP contribution in [0.5, 0.6) is 0 Å². The molecular formula is C18H29N3O2. The molecule has 1 aromatic rings. The number of nitrogens with zero attached hydrogens (tertiary/aromatic N) is 1. The molecule has 5 nitrogen and oxygen atoms in total. The van der Waals surface area contributed by atoms with Crippen LogP contribution in [0.4, 0.5) is 10.5 Å². The SMILES string of the molecule is Cc1ccc(N2CCCC(NC(=O)NC(C)C(C)CO)C2)cc1. The Morgan fingerprint density at radius 1 is 1.35 bits per heavy atom. The molecule has 5 heteroatoms. The number of aliphatic hydroxyl groups excluding tert-OH is 1. The summed E-state index contributed by atoms with van der Waals surface area (Å²) in [6.45, 7) is 7.86. The van der Waals surface area contributed by atoms with Crippen molar-refractivity contribution in [1.82, 2.24) is 10.6 Å². The number of anilines is 1. The number of carbonyl (C=O) groups is 1. The first-order valence-corrected chi connectivity index (χ1v) is 8.49. The molecule has 0 spiro atoms. The molecule has 1 heterocycles. The minimum absolute atomic E-state index is 0.0446. The standard InChI is InChI=1S/C18H29N3O2/c1-13-6-8-17(9-7-13)21-10-4-5-16(11-21)20-18(23)19-15(3)14(2)12-22/h6-9,14-16,22H,4-5,10-12H2,1-3H3,(H2,19,20,23). The number of nitrogens with one attached hydrogen (secondary N) is 2. The van der Waals surface area contributed by atoms with E-state index in [2.05, 4.69) is 46.7 Å². The molecule has 1 aromatic carbocycles. The van der Waals surface area contributed by atoms with E-state index in [1.54, 1.807) is 0 Å². The van der Waals surface area contributed by atoms with Crippen molar-refractivity contribution in [2.45, 2.75) is 45.7 Å². The van der Waals surface area contributed by atoms with E-state index >= 15 is 0 Å². The summed E-state index contributed by atoms with van der Waals surface area (Å²) < 4.78 is 0. The fourth-order valence-electron chi connectivity index (χ4n) is 2.82. The molecule has 2 amide bonds. The number of piperidine rings is 1. The highest BCUT2D eigenvalue weighted by Gasteiger charge is 2.22. The van der Waals surface area contributed by atoms with Gasteiger partial charge in [0, 0.05) is 37.5 Å². The van der Waals surface area contributed by atoms with Crippen molar-refractivity contribution in [1.29, 1.82) is 0 Å². The van der Waals surface area contributed by atoms with Crippen LogP contribution in [0.2, 0.25) is 0 Å². The molecule has 0 bridgehead atoms. The summed E-state index contributed by atoms with van der Waals surface area (Å²) >= 11 is 0. The van der Waals surface area contributed by atoms with Crippen LogP contribution >= 0.6 is 0 Å². The van der Waals surface area contributed by atoms with E-state index in [0.717, 1.165) is 25.9 Å². The Balaban J connectivity index is 1.86. The first kappa shape index (κ1) is 17.6. The van der Waals surface area contributed by atoms with Gasteiger partial charge in [-0.2, -0.15) is 0 Å². The lowest BCUT2D eigenvalue weighted by atomic mass is 10.0. The van der Waals surface area contributed by atoms with Gasteiger partial charge in [0.1, 0.15) is 0 Å². The van der Waals surface area contributed by atoms with Crippen LogP contribution in [0.3, 0.4) is 0 Å². The van der Waals surface area contributed by atoms with Gasteiger partial charge in [0.25, 0.3) is 0 Å². The topological polar surface area (TPSA) is 64.6 Å². The van der Waals surface area contributed by atoms with E-state index < -0.39 is 0 Å². The van der Waals surface area contributed by atoms with Gasteiger partial charge in [-0.25, -0.2) is 4.79 Å². The third-order valence-corrected chi connectivity index (χ3v) is 4.66. The molecular weight excluding hydrogens is 290 g/mol. The van der Waals surface area contributed by atoms with Crippen molar-refractivity contribution >= 4 is 11.7 Å². The summed E-state index contributed by atoms with van der Waals surface area (Å²) in [5.74, 6) is 0.0520. The first-order chi connectivity index (χ1) is 11.0. The summed E-state index contributed by atoms with van der Waals surface area (Å²) in [5, 5.41) is 15.1. The monoisotopic (exact) mass is 319 g/mol. The van der Waals surface area contributed by atoms with Crippen molar-refractivity contribution in [3.63, 3.8) is 0 Å². The lowest BCUT2D eigenvalue weighted by Crippen LogP contribution is -2.52. The van der Waals surface area contributed by atoms with E-state index in [0.29, 0.717) is 0 Å². The fourth-order valence-corrected chi connectivity index (χ4v) is 2.82. The van der Waals surface area contributed by atoms with Crippen LogP contribution in [0.15, 0.2) is 24.3 Å². The lowest BCUT2D eigenvalue weighted by molar-refractivity contribution is 0.198. The maximum atomic E-state index is 12.1. The summed E-state index contributed by atoms with van der Waals surface area (Å²) in [5.41, 5.74) is 2.47. The molecule has 3 atom stereocenters. The van der Waals surface area contributed by atoms with Crippen LogP contribution in [0, 0.1) is 12.8 Å². The van der Waals surface area contributed by atoms with Crippen molar-refractivity contribution in [2.75, 3.05) is 24.6 Å². The Kier molecular flexibility index (Phi) is 6.28. The Bertz CT molecular complexity index is 503. The maximum absolute atomic E-state index is 12.1. The molecule has 1 aliphatic rings. The smallest absolute Gasteiger partial charge is 0.315 e. The van der Waals surface area contributed by atoms with Gasteiger partial charge in [0.05, 0.1) is 0 Å². The molecule has 1 aliphatic heterocycles. The van der Waals surface area contributed by atoms with Gasteiger partial charge in [-0.15, -0.1) is 0 Å². The quantitative estimate of drug-likeness (QED) is 0.780. The Hall–Kier alpha value is -1.75. The molecule has 3 N–H and O–H groups in total. The normalized spacial score (nSPS) is 20.7. The van der Waals surface area contributed by atoms with Crippen molar-refractivity contribution in [3.05, 3.63) is 29.8 Å².